The highest BCUT2D eigenvalue weighted by Crippen LogP contribution is 2.28. The SMILES string of the molecule is O=S(=O)(NCc1cc2cc(F)ccc2s1)c1ccc(Br)s1. The standard InChI is InChI=1S/C13H9BrFNO2S3/c14-12-3-4-13(20-12)21(17,18)16-7-10-6-8-5-9(15)1-2-11(8)19-10/h1-6,16H,7H2. The third kappa shape index (κ3) is 3.35. The molecule has 3 nitrogen and oxygen atoms in total. The minimum atomic E-state index is -3.51. The van der Waals surface area contributed by atoms with Crippen LogP contribution in [0.25, 0.3) is 10.1 Å². The molecule has 0 radical (unpaired) electrons. The predicted octanol–water partition coefficient (Wildman–Crippen LogP) is 4.34. The van der Waals surface area contributed by atoms with E-state index in [0.29, 0.717) is 0 Å². The van der Waals surface area contributed by atoms with Crippen LogP contribution in [-0.4, -0.2) is 8.42 Å². The van der Waals surface area contributed by atoms with Crippen molar-refractivity contribution >= 4 is 58.7 Å². The number of thiophene rings is 2. The fourth-order valence-corrected chi connectivity index (χ4v) is 5.97. The molecule has 1 N–H and O–H groups in total. The summed E-state index contributed by atoms with van der Waals surface area (Å²) in [5.74, 6) is -0.295. The fraction of sp³-hybridized carbons (Fsp3) is 0.0769. The van der Waals surface area contributed by atoms with Crippen molar-refractivity contribution in [2.45, 2.75) is 10.8 Å². The van der Waals surface area contributed by atoms with E-state index in [2.05, 4.69) is 20.7 Å². The lowest BCUT2D eigenvalue weighted by atomic mass is 10.2. The van der Waals surface area contributed by atoms with Crippen LogP contribution < -0.4 is 4.72 Å². The number of hydrogen-bond donors (Lipinski definition) is 1. The monoisotopic (exact) mass is 405 g/mol. The Labute approximate surface area is 137 Å². The number of fused-ring (bicyclic) bond motifs is 1. The van der Waals surface area contributed by atoms with Crippen LogP contribution in [-0.2, 0) is 16.6 Å². The Balaban J connectivity index is 1.80. The fourth-order valence-electron chi connectivity index (χ4n) is 1.84. The third-order valence-electron chi connectivity index (χ3n) is 2.78. The lowest BCUT2D eigenvalue weighted by Gasteiger charge is -2.02. The molecule has 3 rings (SSSR count). The third-order valence-corrected chi connectivity index (χ3v) is 7.41. The van der Waals surface area contributed by atoms with Gasteiger partial charge in [-0.15, -0.1) is 22.7 Å². The average Bonchev–Trinajstić information content (AvgIpc) is 3.02. The minimum absolute atomic E-state index is 0.193. The zero-order valence-corrected chi connectivity index (χ0v) is 14.5. The van der Waals surface area contributed by atoms with Crippen molar-refractivity contribution in [1.29, 1.82) is 0 Å². The number of benzene rings is 1. The van der Waals surface area contributed by atoms with E-state index < -0.39 is 10.0 Å². The highest BCUT2D eigenvalue weighted by Gasteiger charge is 2.16. The van der Waals surface area contributed by atoms with Crippen LogP contribution in [0.3, 0.4) is 0 Å². The van der Waals surface area contributed by atoms with Crippen molar-refractivity contribution in [3.8, 4) is 0 Å². The quantitative estimate of drug-likeness (QED) is 0.701. The Bertz CT molecular complexity index is 901. The van der Waals surface area contributed by atoms with Crippen LogP contribution in [0.5, 0.6) is 0 Å². The van der Waals surface area contributed by atoms with Crippen LogP contribution in [0.4, 0.5) is 4.39 Å². The summed E-state index contributed by atoms with van der Waals surface area (Å²) >= 11 is 5.85. The molecule has 0 amide bonds. The van der Waals surface area contributed by atoms with Crippen molar-refractivity contribution in [2.24, 2.45) is 0 Å². The molecule has 0 aliphatic carbocycles. The topological polar surface area (TPSA) is 46.2 Å². The van der Waals surface area contributed by atoms with Gasteiger partial charge in [-0.2, -0.15) is 0 Å². The maximum atomic E-state index is 13.1. The molecule has 0 atom stereocenters. The van der Waals surface area contributed by atoms with Gasteiger partial charge in [0.2, 0.25) is 10.0 Å². The molecule has 8 heteroatoms. The van der Waals surface area contributed by atoms with E-state index in [1.54, 1.807) is 24.3 Å². The van der Waals surface area contributed by atoms with Crippen molar-refractivity contribution in [3.05, 3.63) is 50.9 Å². The van der Waals surface area contributed by atoms with E-state index in [-0.39, 0.29) is 16.6 Å². The largest absolute Gasteiger partial charge is 0.250 e. The maximum absolute atomic E-state index is 13.1. The van der Waals surface area contributed by atoms with E-state index >= 15 is 0 Å². The lowest BCUT2D eigenvalue weighted by molar-refractivity contribution is 0.584. The smallest absolute Gasteiger partial charge is 0.207 e. The van der Waals surface area contributed by atoms with Gasteiger partial charge in [0, 0.05) is 16.1 Å². The van der Waals surface area contributed by atoms with Gasteiger partial charge in [-0.1, -0.05) is 0 Å². The minimum Gasteiger partial charge on any atom is -0.207 e. The number of nitrogens with one attached hydrogen (secondary N) is 1. The Kier molecular flexibility index (Phi) is 4.15. The molecule has 0 aliphatic heterocycles. The molecule has 110 valence electrons. The van der Waals surface area contributed by atoms with Crippen LogP contribution in [0.1, 0.15) is 4.88 Å². The second-order valence-electron chi connectivity index (χ2n) is 4.28. The highest BCUT2D eigenvalue weighted by atomic mass is 79.9. The normalized spacial score (nSPS) is 12.1. The molecule has 2 aromatic heterocycles. The van der Waals surface area contributed by atoms with Gasteiger partial charge in [-0.3, -0.25) is 0 Å². The molecule has 0 saturated heterocycles. The molecule has 0 fully saturated rings. The average molecular weight is 406 g/mol. The molecule has 0 aliphatic rings. The second kappa shape index (κ2) is 5.77. The summed E-state index contributed by atoms with van der Waals surface area (Å²) in [7, 11) is -3.51. The van der Waals surface area contributed by atoms with Gasteiger partial charge >= 0.3 is 0 Å². The molecule has 1 aromatic carbocycles. The summed E-state index contributed by atoms with van der Waals surface area (Å²) in [6.07, 6.45) is 0. The Morgan fingerprint density at radius 1 is 1.14 bits per heavy atom. The Morgan fingerprint density at radius 2 is 1.95 bits per heavy atom. The first kappa shape index (κ1) is 15.1. The summed E-state index contributed by atoms with van der Waals surface area (Å²) < 4.78 is 41.9. The summed E-state index contributed by atoms with van der Waals surface area (Å²) in [6, 6.07) is 9.59. The van der Waals surface area contributed by atoms with Gasteiger partial charge in [0.1, 0.15) is 10.0 Å². The van der Waals surface area contributed by atoms with Gasteiger partial charge < -0.3 is 0 Å². The summed E-state index contributed by atoms with van der Waals surface area (Å²) in [5, 5.41) is 0.785. The van der Waals surface area contributed by atoms with E-state index in [9.17, 15) is 12.8 Å². The number of sulfonamides is 1. The molecule has 0 unspecified atom stereocenters. The molecule has 2 heterocycles. The van der Waals surface area contributed by atoms with Gasteiger partial charge in [0.05, 0.1) is 3.79 Å². The molecule has 0 spiro atoms. The van der Waals surface area contributed by atoms with E-state index in [1.165, 1.54) is 23.5 Å². The molecule has 0 saturated carbocycles. The van der Waals surface area contributed by atoms with Crippen LogP contribution in [0.2, 0.25) is 0 Å². The second-order valence-corrected chi connectivity index (χ2v) is 9.90. The first-order valence-electron chi connectivity index (χ1n) is 5.87. The van der Waals surface area contributed by atoms with Gasteiger partial charge in [-0.25, -0.2) is 17.5 Å². The highest BCUT2D eigenvalue weighted by molar-refractivity contribution is 9.11. The maximum Gasteiger partial charge on any atom is 0.250 e. The van der Waals surface area contributed by atoms with E-state index in [1.807, 2.05) is 0 Å². The predicted molar refractivity (Wildman–Crippen MR) is 87.8 cm³/mol. The molecular formula is C13H9BrFNO2S3. The van der Waals surface area contributed by atoms with Crippen molar-refractivity contribution in [1.82, 2.24) is 4.72 Å². The molecule has 3 aromatic rings. The van der Waals surface area contributed by atoms with Crippen LogP contribution >= 0.6 is 38.6 Å². The number of halogens is 2. The summed E-state index contributed by atoms with van der Waals surface area (Å²) in [4.78, 5) is 0.842. The summed E-state index contributed by atoms with van der Waals surface area (Å²) in [6.45, 7) is 0.193. The number of rotatable bonds is 4. The first-order chi connectivity index (χ1) is 9.94. The Hall–Kier alpha value is -0.800. The van der Waals surface area contributed by atoms with Crippen LogP contribution in [0.15, 0.2) is 44.4 Å². The lowest BCUT2D eigenvalue weighted by Crippen LogP contribution is -2.21. The van der Waals surface area contributed by atoms with E-state index in [4.69, 9.17) is 0 Å². The zero-order chi connectivity index (χ0) is 15.0. The Morgan fingerprint density at radius 3 is 2.67 bits per heavy atom. The van der Waals surface area contributed by atoms with Crippen LogP contribution in [0, 0.1) is 5.82 Å². The zero-order valence-electron chi connectivity index (χ0n) is 10.5. The van der Waals surface area contributed by atoms with Crippen molar-refractivity contribution in [3.63, 3.8) is 0 Å². The molecule has 21 heavy (non-hydrogen) atoms. The van der Waals surface area contributed by atoms with Gasteiger partial charge in [0.15, 0.2) is 0 Å². The van der Waals surface area contributed by atoms with Crippen molar-refractivity contribution in [2.75, 3.05) is 0 Å². The molecule has 0 bridgehead atoms. The van der Waals surface area contributed by atoms with Crippen molar-refractivity contribution < 1.29 is 12.8 Å². The first-order valence-corrected chi connectivity index (χ1v) is 9.78. The van der Waals surface area contributed by atoms with E-state index in [0.717, 1.165) is 30.1 Å². The van der Waals surface area contributed by atoms with Gasteiger partial charge in [0.25, 0.3) is 0 Å². The number of hydrogen-bond acceptors (Lipinski definition) is 4. The summed E-state index contributed by atoms with van der Waals surface area (Å²) in [5.41, 5.74) is 0. The van der Waals surface area contributed by atoms with Gasteiger partial charge in [-0.05, 0) is 57.7 Å². The molecular weight excluding hydrogens is 397 g/mol.